The number of ether oxygens (including phenoxy) is 1. The van der Waals surface area contributed by atoms with Crippen molar-refractivity contribution in [3.63, 3.8) is 0 Å². The summed E-state index contributed by atoms with van der Waals surface area (Å²) >= 11 is 0. The molecule has 0 amide bonds. The van der Waals surface area contributed by atoms with Crippen molar-refractivity contribution >= 4 is 0 Å². The first kappa shape index (κ1) is 14.4. The maximum absolute atomic E-state index is 5.94. The van der Waals surface area contributed by atoms with Crippen LogP contribution in [0, 0.1) is 0 Å². The molecule has 2 rings (SSSR count). The van der Waals surface area contributed by atoms with E-state index in [1.807, 2.05) is 13.1 Å². The van der Waals surface area contributed by atoms with E-state index >= 15 is 0 Å². The SMILES string of the molecule is CNCc1ccccc1OCCN(C)C1CCCC1. The number of nitrogens with zero attached hydrogens (tertiary/aromatic N) is 1. The van der Waals surface area contributed by atoms with Crippen LogP contribution in [-0.4, -0.2) is 38.2 Å². The molecular formula is C16H26N2O. The average Bonchev–Trinajstić information content (AvgIpc) is 2.95. The zero-order valence-corrected chi connectivity index (χ0v) is 12.2. The van der Waals surface area contributed by atoms with Crippen LogP contribution in [-0.2, 0) is 6.54 Å². The van der Waals surface area contributed by atoms with Gasteiger partial charge in [0.1, 0.15) is 12.4 Å². The van der Waals surface area contributed by atoms with E-state index in [4.69, 9.17) is 4.74 Å². The first-order valence-electron chi connectivity index (χ1n) is 7.37. The fourth-order valence-electron chi connectivity index (χ4n) is 2.81. The molecule has 1 aliphatic carbocycles. The third-order valence-electron chi connectivity index (χ3n) is 3.99. The summed E-state index contributed by atoms with van der Waals surface area (Å²) in [4.78, 5) is 2.45. The minimum Gasteiger partial charge on any atom is -0.492 e. The van der Waals surface area contributed by atoms with Gasteiger partial charge in [0.2, 0.25) is 0 Å². The number of likely N-dealkylation sites (N-methyl/N-ethyl adjacent to an activating group) is 1. The van der Waals surface area contributed by atoms with Crippen molar-refractivity contribution in [2.75, 3.05) is 27.2 Å². The van der Waals surface area contributed by atoms with E-state index in [2.05, 4.69) is 35.5 Å². The van der Waals surface area contributed by atoms with Crippen molar-refractivity contribution in [2.45, 2.75) is 38.3 Å². The molecule has 0 spiro atoms. The van der Waals surface area contributed by atoms with Gasteiger partial charge in [0, 0.05) is 24.7 Å². The quantitative estimate of drug-likeness (QED) is 0.817. The van der Waals surface area contributed by atoms with E-state index in [0.29, 0.717) is 0 Å². The van der Waals surface area contributed by atoms with Gasteiger partial charge in [0.05, 0.1) is 0 Å². The molecule has 0 radical (unpaired) electrons. The monoisotopic (exact) mass is 262 g/mol. The van der Waals surface area contributed by atoms with E-state index in [-0.39, 0.29) is 0 Å². The third kappa shape index (κ3) is 4.22. The molecule has 1 fully saturated rings. The molecule has 0 unspecified atom stereocenters. The van der Waals surface area contributed by atoms with Crippen molar-refractivity contribution in [1.29, 1.82) is 0 Å². The Morgan fingerprint density at radius 3 is 2.74 bits per heavy atom. The molecule has 1 saturated carbocycles. The molecule has 1 aliphatic rings. The van der Waals surface area contributed by atoms with Gasteiger partial charge < -0.3 is 15.0 Å². The van der Waals surface area contributed by atoms with Gasteiger partial charge in [-0.3, -0.25) is 0 Å². The molecule has 19 heavy (non-hydrogen) atoms. The number of hydrogen-bond donors (Lipinski definition) is 1. The minimum atomic E-state index is 0.772. The molecule has 106 valence electrons. The zero-order chi connectivity index (χ0) is 13.5. The first-order valence-corrected chi connectivity index (χ1v) is 7.37. The minimum absolute atomic E-state index is 0.772. The lowest BCUT2D eigenvalue weighted by molar-refractivity contribution is 0.192. The highest BCUT2D eigenvalue weighted by atomic mass is 16.5. The van der Waals surface area contributed by atoms with Gasteiger partial charge in [-0.2, -0.15) is 0 Å². The van der Waals surface area contributed by atoms with Crippen LogP contribution < -0.4 is 10.1 Å². The Morgan fingerprint density at radius 2 is 2.00 bits per heavy atom. The number of hydrogen-bond acceptors (Lipinski definition) is 3. The van der Waals surface area contributed by atoms with Crippen molar-refractivity contribution < 1.29 is 4.74 Å². The molecule has 0 aliphatic heterocycles. The highest BCUT2D eigenvalue weighted by molar-refractivity contribution is 5.33. The molecule has 0 atom stereocenters. The molecule has 1 aromatic rings. The largest absolute Gasteiger partial charge is 0.492 e. The lowest BCUT2D eigenvalue weighted by Gasteiger charge is -2.24. The van der Waals surface area contributed by atoms with Crippen LogP contribution in [0.2, 0.25) is 0 Å². The van der Waals surface area contributed by atoms with Crippen LogP contribution in [0.4, 0.5) is 0 Å². The zero-order valence-electron chi connectivity index (χ0n) is 12.2. The van der Waals surface area contributed by atoms with Crippen molar-refractivity contribution in [1.82, 2.24) is 10.2 Å². The van der Waals surface area contributed by atoms with Crippen LogP contribution >= 0.6 is 0 Å². The molecule has 1 aromatic carbocycles. The van der Waals surface area contributed by atoms with Crippen LogP contribution in [0.15, 0.2) is 24.3 Å². The molecule has 0 heterocycles. The second kappa shape index (κ2) is 7.51. The topological polar surface area (TPSA) is 24.5 Å². The van der Waals surface area contributed by atoms with Crippen molar-refractivity contribution in [3.8, 4) is 5.75 Å². The van der Waals surface area contributed by atoms with E-state index < -0.39 is 0 Å². The molecule has 3 heteroatoms. The van der Waals surface area contributed by atoms with Crippen LogP contribution in [0.1, 0.15) is 31.2 Å². The number of rotatable bonds is 7. The summed E-state index contributed by atoms with van der Waals surface area (Å²) in [6, 6.07) is 9.05. The molecule has 1 N–H and O–H groups in total. The Morgan fingerprint density at radius 1 is 1.26 bits per heavy atom. The summed E-state index contributed by atoms with van der Waals surface area (Å²) in [5.74, 6) is 1.01. The highest BCUT2D eigenvalue weighted by Crippen LogP contribution is 2.22. The Balaban J connectivity index is 1.78. The maximum Gasteiger partial charge on any atom is 0.123 e. The van der Waals surface area contributed by atoms with Gasteiger partial charge in [-0.1, -0.05) is 31.0 Å². The fourth-order valence-corrected chi connectivity index (χ4v) is 2.81. The van der Waals surface area contributed by atoms with Gasteiger partial charge >= 0.3 is 0 Å². The molecule has 0 bridgehead atoms. The normalized spacial score (nSPS) is 16.2. The summed E-state index contributed by atoms with van der Waals surface area (Å²) in [5, 5.41) is 3.18. The molecule has 0 aromatic heterocycles. The number of benzene rings is 1. The number of nitrogens with one attached hydrogen (secondary N) is 1. The smallest absolute Gasteiger partial charge is 0.123 e. The Labute approximate surface area is 116 Å². The van der Waals surface area contributed by atoms with Gasteiger partial charge in [-0.25, -0.2) is 0 Å². The van der Waals surface area contributed by atoms with E-state index in [1.165, 1.54) is 31.2 Å². The van der Waals surface area contributed by atoms with Gasteiger partial charge in [0.25, 0.3) is 0 Å². The summed E-state index contributed by atoms with van der Waals surface area (Å²) < 4.78 is 5.94. The van der Waals surface area contributed by atoms with Crippen molar-refractivity contribution in [3.05, 3.63) is 29.8 Å². The van der Waals surface area contributed by atoms with Gasteiger partial charge in [0.15, 0.2) is 0 Å². The fraction of sp³-hybridized carbons (Fsp3) is 0.625. The van der Waals surface area contributed by atoms with Gasteiger partial charge in [-0.05, 0) is 33.0 Å². The molecular weight excluding hydrogens is 236 g/mol. The van der Waals surface area contributed by atoms with Crippen LogP contribution in [0.25, 0.3) is 0 Å². The van der Waals surface area contributed by atoms with E-state index in [9.17, 15) is 0 Å². The van der Waals surface area contributed by atoms with E-state index in [0.717, 1.165) is 31.5 Å². The Hall–Kier alpha value is -1.06. The number of para-hydroxylation sites is 1. The van der Waals surface area contributed by atoms with Crippen LogP contribution in [0.5, 0.6) is 5.75 Å². The second-order valence-electron chi connectivity index (χ2n) is 5.41. The first-order chi connectivity index (χ1) is 9.31. The average molecular weight is 262 g/mol. The molecule has 0 saturated heterocycles. The maximum atomic E-state index is 5.94. The highest BCUT2D eigenvalue weighted by Gasteiger charge is 2.19. The summed E-state index contributed by atoms with van der Waals surface area (Å²) in [7, 11) is 4.18. The van der Waals surface area contributed by atoms with E-state index in [1.54, 1.807) is 0 Å². The van der Waals surface area contributed by atoms with Gasteiger partial charge in [-0.15, -0.1) is 0 Å². The summed E-state index contributed by atoms with van der Waals surface area (Å²) in [5.41, 5.74) is 1.23. The van der Waals surface area contributed by atoms with Crippen LogP contribution in [0.3, 0.4) is 0 Å². The lowest BCUT2D eigenvalue weighted by Crippen LogP contribution is -2.32. The standard InChI is InChI=1S/C16H26N2O/c1-17-13-14-7-3-6-10-16(14)19-12-11-18(2)15-8-4-5-9-15/h3,6-7,10,15,17H,4-5,8-9,11-13H2,1-2H3. The Bertz CT molecular complexity index is 375. The second-order valence-corrected chi connectivity index (χ2v) is 5.41. The Kier molecular flexibility index (Phi) is 5.67. The summed E-state index contributed by atoms with van der Waals surface area (Å²) in [6.45, 7) is 2.64. The molecule has 3 nitrogen and oxygen atoms in total. The van der Waals surface area contributed by atoms with Crippen molar-refractivity contribution in [2.24, 2.45) is 0 Å². The predicted octanol–water partition coefficient (Wildman–Crippen LogP) is 2.66. The lowest BCUT2D eigenvalue weighted by atomic mass is 10.2. The predicted molar refractivity (Wildman–Crippen MR) is 79.6 cm³/mol. The summed E-state index contributed by atoms with van der Waals surface area (Å²) in [6.07, 6.45) is 5.49. The third-order valence-corrected chi connectivity index (χ3v) is 3.99.